The highest BCUT2D eigenvalue weighted by Crippen LogP contribution is 2.26. The van der Waals surface area contributed by atoms with Gasteiger partial charge in [0.1, 0.15) is 5.65 Å². The van der Waals surface area contributed by atoms with E-state index < -0.39 is 10.0 Å². The van der Waals surface area contributed by atoms with Crippen molar-refractivity contribution in [2.75, 3.05) is 24.2 Å². The normalized spacial score (nSPS) is 16.2. The number of benzene rings is 1. The van der Waals surface area contributed by atoms with E-state index in [0.717, 1.165) is 17.0 Å². The van der Waals surface area contributed by atoms with Crippen molar-refractivity contribution < 1.29 is 13.2 Å². The second-order valence-corrected chi connectivity index (χ2v) is 9.36. The molecule has 0 atom stereocenters. The van der Waals surface area contributed by atoms with E-state index in [4.69, 9.17) is 0 Å². The number of carbonyl (C=O) groups excluding carboxylic acids is 1. The molecule has 7 nitrogen and oxygen atoms in total. The number of aromatic nitrogens is 2. The molecule has 8 heteroatoms. The number of fused-ring (bicyclic) bond motifs is 1. The molecule has 0 bridgehead atoms. The summed E-state index contributed by atoms with van der Waals surface area (Å²) in [6, 6.07) is 15.4. The van der Waals surface area contributed by atoms with Crippen molar-refractivity contribution in [1.82, 2.24) is 13.7 Å². The molecule has 0 radical (unpaired) electrons. The monoisotopic (exact) mass is 412 g/mol. The SMILES string of the molecule is CS(=O)(=O)N1CCC(C(=O)N(Cc2cnc3ccccn23)c2ccccc2)CC1. The molecule has 1 fully saturated rings. The molecule has 0 N–H and O–H groups in total. The third-order valence-corrected chi connectivity index (χ3v) is 6.72. The van der Waals surface area contributed by atoms with E-state index in [2.05, 4.69) is 4.98 Å². The highest BCUT2D eigenvalue weighted by atomic mass is 32.2. The van der Waals surface area contributed by atoms with Gasteiger partial charge in [-0.25, -0.2) is 17.7 Å². The highest BCUT2D eigenvalue weighted by molar-refractivity contribution is 7.88. The Kier molecular flexibility index (Phi) is 5.38. The van der Waals surface area contributed by atoms with Crippen molar-refractivity contribution in [1.29, 1.82) is 0 Å². The Morgan fingerprint density at radius 2 is 1.79 bits per heavy atom. The van der Waals surface area contributed by atoms with Crippen LogP contribution in [0.4, 0.5) is 5.69 Å². The van der Waals surface area contributed by atoms with E-state index in [-0.39, 0.29) is 11.8 Å². The van der Waals surface area contributed by atoms with Crippen molar-refractivity contribution >= 4 is 27.3 Å². The van der Waals surface area contributed by atoms with Crippen LogP contribution in [0, 0.1) is 5.92 Å². The number of para-hydroxylation sites is 1. The number of carbonyl (C=O) groups is 1. The van der Waals surface area contributed by atoms with Crippen molar-refractivity contribution in [3.63, 3.8) is 0 Å². The molecule has 1 amide bonds. The Morgan fingerprint density at radius 3 is 2.48 bits per heavy atom. The maximum absolute atomic E-state index is 13.4. The summed E-state index contributed by atoms with van der Waals surface area (Å²) in [4.78, 5) is 19.7. The third-order valence-electron chi connectivity index (χ3n) is 5.42. The zero-order valence-corrected chi connectivity index (χ0v) is 17.1. The van der Waals surface area contributed by atoms with Crippen LogP contribution in [0.15, 0.2) is 60.9 Å². The number of sulfonamides is 1. The van der Waals surface area contributed by atoms with Crippen LogP contribution in [0.25, 0.3) is 5.65 Å². The number of hydrogen-bond donors (Lipinski definition) is 0. The van der Waals surface area contributed by atoms with Crippen LogP contribution in [0.5, 0.6) is 0 Å². The van der Waals surface area contributed by atoms with Gasteiger partial charge in [-0.05, 0) is 37.1 Å². The second-order valence-electron chi connectivity index (χ2n) is 7.37. The molecule has 0 aliphatic carbocycles. The van der Waals surface area contributed by atoms with Crippen molar-refractivity contribution in [2.45, 2.75) is 19.4 Å². The molecule has 0 unspecified atom stereocenters. The van der Waals surface area contributed by atoms with Gasteiger partial charge in [-0.3, -0.25) is 4.79 Å². The van der Waals surface area contributed by atoms with Gasteiger partial charge in [0, 0.05) is 30.9 Å². The first kappa shape index (κ1) is 19.6. The molecule has 0 spiro atoms. The summed E-state index contributed by atoms with van der Waals surface area (Å²) in [6.07, 6.45) is 6.02. The van der Waals surface area contributed by atoms with Gasteiger partial charge in [-0.2, -0.15) is 0 Å². The maximum Gasteiger partial charge on any atom is 0.230 e. The molecule has 1 aliphatic rings. The van der Waals surface area contributed by atoms with Gasteiger partial charge in [-0.1, -0.05) is 24.3 Å². The molecule has 152 valence electrons. The first-order valence-electron chi connectivity index (χ1n) is 9.66. The molecule has 29 heavy (non-hydrogen) atoms. The highest BCUT2D eigenvalue weighted by Gasteiger charge is 2.32. The first-order valence-corrected chi connectivity index (χ1v) is 11.5. The lowest BCUT2D eigenvalue weighted by Crippen LogP contribution is -2.44. The summed E-state index contributed by atoms with van der Waals surface area (Å²) in [5.41, 5.74) is 2.59. The summed E-state index contributed by atoms with van der Waals surface area (Å²) in [7, 11) is -3.22. The minimum atomic E-state index is -3.22. The summed E-state index contributed by atoms with van der Waals surface area (Å²) in [6.45, 7) is 1.17. The van der Waals surface area contributed by atoms with Crippen molar-refractivity contribution in [2.24, 2.45) is 5.92 Å². The second kappa shape index (κ2) is 7.96. The van der Waals surface area contributed by atoms with Gasteiger partial charge >= 0.3 is 0 Å². The van der Waals surface area contributed by atoms with Gasteiger partial charge in [-0.15, -0.1) is 0 Å². The van der Waals surface area contributed by atoms with Crippen LogP contribution in [0.1, 0.15) is 18.5 Å². The number of piperidine rings is 1. The molecule has 4 rings (SSSR count). The van der Waals surface area contributed by atoms with Gasteiger partial charge in [0.15, 0.2) is 0 Å². The number of pyridine rings is 1. The van der Waals surface area contributed by atoms with E-state index in [1.807, 2.05) is 59.1 Å². The maximum atomic E-state index is 13.4. The molecule has 3 heterocycles. The van der Waals surface area contributed by atoms with Crippen molar-refractivity contribution in [3.05, 3.63) is 66.6 Å². The smallest absolute Gasteiger partial charge is 0.230 e. The molecule has 2 aromatic heterocycles. The minimum absolute atomic E-state index is 0.0234. The van der Waals surface area contributed by atoms with Crippen LogP contribution in [0.3, 0.4) is 0 Å². The number of imidazole rings is 1. The quantitative estimate of drug-likeness (QED) is 0.645. The zero-order valence-electron chi connectivity index (χ0n) is 16.3. The lowest BCUT2D eigenvalue weighted by atomic mass is 9.96. The molecular formula is C21H24N4O3S. The predicted octanol–water partition coefficient (Wildman–Crippen LogP) is 2.54. The average molecular weight is 413 g/mol. The molecule has 1 aromatic carbocycles. The number of hydrogen-bond acceptors (Lipinski definition) is 4. The predicted molar refractivity (Wildman–Crippen MR) is 112 cm³/mol. The lowest BCUT2D eigenvalue weighted by Gasteiger charge is -2.33. The van der Waals surface area contributed by atoms with Crippen LogP contribution >= 0.6 is 0 Å². The molecule has 1 aliphatic heterocycles. The molecule has 3 aromatic rings. The Hall–Kier alpha value is -2.71. The number of anilines is 1. The Balaban J connectivity index is 1.59. The number of amides is 1. The average Bonchev–Trinajstić information content (AvgIpc) is 3.14. The molecule has 1 saturated heterocycles. The minimum Gasteiger partial charge on any atom is -0.306 e. The Bertz CT molecular complexity index is 1100. The van der Waals surface area contributed by atoms with Crippen LogP contribution in [0.2, 0.25) is 0 Å². The summed E-state index contributed by atoms with van der Waals surface area (Å²) >= 11 is 0. The summed E-state index contributed by atoms with van der Waals surface area (Å²) in [5, 5.41) is 0. The van der Waals surface area contributed by atoms with E-state index in [9.17, 15) is 13.2 Å². The van der Waals surface area contributed by atoms with Crippen LogP contribution in [-0.4, -0.2) is 47.4 Å². The summed E-state index contributed by atoms with van der Waals surface area (Å²) in [5.74, 6) is -0.178. The standard InChI is InChI=1S/C21H24N4O3S/c1-29(27,28)23-13-10-17(11-14-23)21(26)25(18-7-3-2-4-8-18)16-19-15-22-20-9-5-6-12-24(19)20/h2-9,12,15,17H,10-11,13-14,16H2,1H3. The third kappa shape index (κ3) is 4.18. The topological polar surface area (TPSA) is 75.0 Å². The fourth-order valence-electron chi connectivity index (χ4n) is 3.82. The number of rotatable bonds is 5. The largest absolute Gasteiger partial charge is 0.306 e. The Morgan fingerprint density at radius 1 is 1.10 bits per heavy atom. The fourth-order valence-corrected chi connectivity index (χ4v) is 4.70. The van der Waals surface area contributed by atoms with Gasteiger partial charge < -0.3 is 9.30 Å². The summed E-state index contributed by atoms with van der Waals surface area (Å²) < 4.78 is 27.0. The van der Waals surface area contributed by atoms with E-state index in [0.29, 0.717) is 32.5 Å². The molecule has 0 saturated carbocycles. The lowest BCUT2D eigenvalue weighted by molar-refractivity contribution is -0.123. The van der Waals surface area contributed by atoms with Gasteiger partial charge in [0.2, 0.25) is 15.9 Å². The van der Waals surface area contributed by atoms with Crippen molar-refractivity contribution in [3.8, 4) is 0 Å². The van der Waals surface area contributed by atoms with Gasteiger partial charge in [0.05, 0.1) is 24.7 Å². The first-order chi connectivity index (χ1) is 13.9. The number of nitrogens with zero attached hydrogens (tertiary/aromatic N) is 4. The van der Waals surface area contributed by atoms with Gasteiger partial charge in [0.25, 0.3) is 0 Å². The fraction of sp³-hybridized carbons (Fsp3) is 0.333. The van der Waals surface area contributed by atoms with E-state index in [1.165, 1.54) is 10.6 Å². The molecular weight excluding hydrogens is 388 g/mol. The van der Waals surface area contributed by atoms with Crippen LogP contribution < -0.4 is 4.90 Å². The Labute approximate surface area is 170 Å². The van der Waals surface area contributed by atoms with E-state index in [1.54, 1.807) is 11.1 Å². The van der Waals surface area contributed by atoms with E-state index >= 15 is 0 Å². The zero-order chi connectivity index (χ0) is 20.4. The van der Waals surface area contributed by atoms with Crippen LogP contribution in [-0.2, 0) is 21.4 Å².